The molecule has 1 N–H and O–H groups in total. The number of carbonyl (C=O) groups excluding carboxylic acids is 1. The van der Waals surface area contributed by atoms with Crippen LogP contribution in [0.5, 0.6) is 10.9 Å². The van der Waals surface area contributed by atoms with Gasteiger partial charge in [-0.2, -0.15) is 0 Å². The first-order chi connectivity index (χ1) is 15.5. The topological polar surface area (TPSA) is 118 Å². The lowest BCUT2D eigenvalue weighted by molar-refractivity contribution is -0.101. The molecule has 3 aromatic rings. The second-order valence-corrected chi connectivity index (χ2v) is 8.07. The maximum atomic E-state index is 13.1. The molecular formula is C20H20ClN5O5S. The first-order valence-corrected chi connectivity index (χ1v) is 10.9. The third kappa shape index (κ3) is 5.13. The summed E-state index contributed by atoms with van der Waals surface area (Å²) in [4.78, 5) is 21.4. The standard InChI is InChI=1S/C20H20ClN5O5S/c1-11-17(28-2)16(12-3-4-22-15(21)7-12)14(8-23-11)18(27)24-19-25-26-20(32-19)31-10-13-9-29-5-6-30-13/h3-4,7-8,13H,5-6,9-10H2,1-2H3,(H,24,25,27)/t13-/m0/s1. The molecule has 32 heavy (non-hydrogen) atoms. The highest BCUT2D eigenvalue weighted by atomic mass is 35.5. The van der Waals surface area contributed by atoms with E-state index >= 15 is 0 Å². The number of rotatable bonds is 7. The molecule has 0 radical (unpaired) electrons. The lowest BCUT2D eigenvalue weighted by atomic mass is 9.99. The van der Waals surface area contributed by atoms with E-state index in [1.165, 1.54) is 13.3 Å². The number of methoxy groups -OCH3 is 1. The summed E-state index contributed by atoms with van der Waals surface area (Å²) in [6, 6.07) is 3.40. The van der Waals surface area contributed by atoms with Gasteiger partial charge in [-0.05, 0) is 36.0 Å². The average Bonchev–Trinajstić information content (AvgIpc) is 3.25. The molecule has 1 fully saturated rings. The number of aromatic nitrogens is 4. The molecule has 4 rings (SSSR count). The van der Waals surface area contributed by atoms with Gasteiger partial charge in [0.15, 0.2) is 0 Å². The van der Waals surface area contributed by atoms with Crippen molar-refractivity contribution in [1.82, 2.24) is 20.2 Å². The molecule has 1 aliphatic heterocycles. The van der Waals surface area contributed by atoms with Gasteiger partial charge in [-0.1, -0.05) is 16.7 Å². The molecule has 0 spiro atoms. The Balaban J connectivity index is 1.53. The number of nitrogens with one attached hydrogen (secondary N) is 1. The fraction of sp³-hybridized carbons (Fsp3) is 0.350. The van der Waals surface area contributed by atoms with E-state index in [1.807, 2.05) is 0 Å². The minimum atomic E-state index is -0.426. The highest BCUT2D eigenvalue weighted by Gasteiger charge is 2.22. The molecule has 3 aromatic heterocycles. The fourth-order valence-corrected chi connectivity index (χ4v) is 3.91. The first-order valence-electron chi connectivity index (χ1n) is 9.67. The molecule has 12 heteroatoms. The van der Waals surface area contributed by atoms with Gasteiger partial charge in [0.2, 0.25) is 5.13 Å². The van der Waals surface area contributed by atoms with Gasteiger partial charge in [0.05, 0.1) is 38.2 Å². The summed E-state index contributed by atoms with van der Waals surface area (Å²) >= 11 is 7.17. The second-order valence-electron chi connectivity index (χ2n) is 6.74. The zero-order valence-electron chi connectivity index (χ0n) is 17.3. The van der Waals surface area contributed by atoms with E-state index in [0.29, 0.717) is 58.3 Å². The summed E-state index contributed by atoms with van der Waals surface area (Å²) in [7, 11) is 1.52. The van der Waals surface area contributed by atoms with Gasteiger partial charge in [-0.15, -0.1) is 5.10 Å². The van der Waals surface area contributed by atoms with Gasteiger partial charge in [-0.3, -0.25) is 15.1 Å². The fourth-order valence-electron chi connectivity index (χ4n) is 3.13. The van der Waals surface area contributed by atoms with E-state index in [0.717, 1.165) is 11.3 Å². The molecule has 4 heterocycles. The summed E-state index contributed by atoms with van der Waals surface area (Å²) in [5, 5.41) is 11.6. The van der Waals surface area contributed by atoms with Crippen molar-refractivity contribution in [3.63, 3.8) is 0 Å². The van der Waals surface area contributed by atoms with Crippen molar-refractivity contribution >= 4 is 34.0 Å². The van der Waals surface area contributed by atoms with Crippen LogP contribution in [0.4, 0.5) is 5.13 Å². The van der Waals surface area contributed by atoms with Crippen molar-refractivity contribution in [3.05, 3.63) is 40.9 Å². The van der Waals surface area contributed by atoms with Gasteiger partial charge in [0.25, 0.3) is 11.1 Å². The number of amides is 1. The van der Waals surface area contributed by atoms with Crippen molar-refractivity contribution < 1.29 is 23.7 Å². The van der Waals surface area contributed by atoms with Crippen molar-refractivity contribution in [1.29, 1.82) is 0 Å². The Morgan fingerprint density at radius 2 is 2.22 bits per heavy atom. The number of halogens is 1. The molecule has 1 atom stereocenters. The number of aryl methyl sites for hydroxylation is 1. The molecule has 0 unspecified atom stereocenters. The van der Waals surface area contributed by atoms with Gasteiger partial charge in [0, 0.05) is 18.0 Å². The van der Waals surface area contributed by atoms with Crippen LogP contribution in [-0.4, -0.2) is 65.7 Å². The minimum absolute atomic E-state index is 0.161. The number of nitrogens with zero attached hydrogens (tertiary/aromatic N) is 4. The van der Waals surface area contributed by atoms with E-state index in [2.05, 4.69) is 25.5 Å². The number of carbonyl (C=O) groups is 1. The van der Waals surface area contributed by atoms with Crippen LogP contribution in [0.25, 0.3) is 11.1 Å². The van der Waals surface area contributed by atoms with Crippen LogP contribution in [0.15, 0.2) is 24.5 Å². The predicted octanol–water partition coefficient (Wildman–Crippen LogP) is 3.01. The Morgan fingerprint density at radius 1 is 1.34 bits per heavy atom. The zero-order valence-corrected chi connectivity index (χ0v) is 18.9. The maximum absolute atomic E-state index is 13.1. The number of hydrogen-bond acceptors (Lipinski definition) is 10. The Kier molecular flexibility index (Phi) is 7.10. The second kappa shape index (κ2) is 10.2. The molecule has 1 amide bonds. The van der Waals surface area contributed by atoms with E-state index in [9.17, 15) is 4.79 Å². The third-order valence-electron chi connectivity index (χ3n) is 4.58. The third-order valence-corrected chi connectivity index (χ3v) is 5.54. The average molecular weight is 478 g/mol. The van der Waals surface area contributed by atoms with Crippen LogP contribution in [-0.2, 0) is 9.47 Å². The molecule has 1 saturated heterocycles. The van der Waals surface area contributed by atoms with E-state index in [4.69, 9.17) is 30.5 Å². The summed E-state index contributed by atoms with van der Waals surface area (Å²) in [6.45, 7) is 3.66. The normalized spacial score (nSPS) is 15.9. The van der Waals surface area contributed by atoms with Crippen molar-refractivity contribution in [2.75, 3.05) is 38.9 Å². The highest BCUT2D eigenvalue weighted by Crippen LogP contribution is 2.36. The number of hydrogen-bond donors (Lipinski definition) is 1. The molecule has 0 aromatic carbocycles. The van der Waals surface area contributed by atoms with E-state index < -0.39 is 5.91 Å². The summed E-state index contributed by atoms with van der Waals surface area (Å²) < 4.78 is 22.0. The minimum Gasteiger partial charge on any atom is -0.494 e. The zero-order chi connectivity index (χ0) is 22.5. The van der Waals surface area contributed by atoms with Crippen LogP contribution in [0, 0.1) is 6.92 Å². The Hall–Kier alpha value is -2.86. The first kappa shape index (κ1) is 22.3. The maximum Gasteiger partial charge on any atom is 0.295 e. The van der Waals surface area contributed by atoms with E-state index in [1.54, 1.807) is 25.3 Å². The molecule has 0 aliphatic carbocycles. The van der Waals surface area contributed by atoms with Crippen molar-refractivity contribution in [2.24, 2.45) is 0 Å². The van der Waals surface area contributed by atoms with Crippen LogP contribution in [0.2, 0.25) is 5.15 Å². The predicted molar refractivity (Wildman–Crippen MR) is 118 cm³/mol. The van der Waals surface area contributed by atoms with Crippen LogP contribution >= 0.6 is 22.9 Å². The molecular weight excluding hydrogens is 458 g/mol. The molecule has 0 saturated carbocycles. The van der Waals surface area contributed by atoms with Crippen molar-refractivity contribution in [3.8, 4) is 22.1 Å². The van der Waals surface area contributed by atoms with Gasteiger partial charge >= 0.3 is 0 Å². The number of anilines is 1. The molecule has 0 bridgehead atoms. The number of ether oxygens (including phenoxy) is 4. The summed E-state index contributed by atoms with van der Waals surface area (Å²) in [6.07, 6.45) is 2.88. The SMILES string of the molecule is COc1c(C)ncc(C(=O)Nc2nnc(OC[C@@H]3COCCO3)s2)c1-c1ccnc(Cl)c1. The Morgan fingerprint density at radius 3 is 2.97 bits per heavy atom. The van der Waals surface area contributed by atoms with Gasteiger partial charge < -0.3 is 18.9 Å². The smallest absolute Gasteiger partial charge is 0.295 e. The quantitative estimate of drug-likeness (QED) is 0.512. The molecule has 1 aliphatic rings. The monoisotopic (exact) mass is 477 g/mol. The lowest BCUT2D eigenvalue weighted by Crippen LogP contribution is -2.33. The van der Waals surface area contributed by atoms with Crippen LogP contribution < -0.4 is 14.8 Å². The van der Waals surface area contributed by atoms with Gasteiger partial charge in [-0.25, -0.2) is 4.98 Å². The molecule has 168 valence electrons. The van der Waals surface area contributed by atoms with Crippen molar-refractivity contribution in [2.45, 2.75) is 13.0 Å². The van der Waals surface area contributed by atoms with E-state index in [-0.39, 0.29) is 17.8 Å². The summed E-state index contributed by atoms with van der Waals surface area (Å²) in [5.41, 5.74) is 2.15. The lowest BCUT2D eigenvalue weighted by Gasteiger charge is -2.22. The highest BCUT2D eigenvalue weighted by molar-refractivity contribution is 7.17. The van der Waals surface area contributed by atoms with Crippen LogP contribution in [0.3, 0.4) is 0 Å². The Labute approximate surface area is 192 Å². The number of pyridine rings is 2. The molecule has 10 nitrogen and oxygen atoms in total. The largest absolute Gasteiger partial charge is 0.494 e. The Bertz CT molecular complexity index is 1110. The van der Waals surface area contributed by atoms with Crippen LogP contribution in [0.1, 0.15) is 16.1 Å². The van der Waals surface area contributed by atoms with Gasteiger partial charge in [0.1, 0.15) is 23.6 Å². The summed E-state index contributed by atoms with van der Waals surface area (Å²) in [5.74, 6) is 0.0429.